The lowest BCUT2D eigenvalue weighted by molar-refractivity contribution is 0.645. The van der Waals surface area contributed by atoms with Gasteiger partial charge in [-0.1, -0.05) is 153 Å². The van der Waals surface area contributed by atoms with Crippen LogP contribution in [0.3, 0.4) is 0 Å². The highest BCUT2D eigenvalue weighted by molar-refractivity contribution is 6.12. The molecule has 1 aliphatic rings. The normalized spacial score (nSPS) is 12.9. The first-order chi connectivity index (χ1) is 26.1. The van der Waals surface area contributed by atoms with Crippen LogP contribution in [-0.2, 0) is 5.41 Å². The lowest BCUT2D eigenvalue weighted by atomic mass is 9.68. The predicted molar refractivity (Wildman–Crippen MR) is 226 cm³/mol. The van der Waals surface area contributed by atoms with Crippen LogP contribution in [-0.4, -0.2) is 0 Å². The summed E-state index contributed by atoms with van der Waals surface area (Å²) in [5.74, 6) is 0. The van der Waals surface area contributed by atoms with E-state index >= 15 is 0 Å². The summed E-state index contributed by atoms with van der Waals surface area (Å²) in [4.78, 5) is 4.86. The molecule has 0 amide bonds. The van der Waals surface area contributed by atoms with Crippen molar-refractivity contribution in [1.29, 1.82) is 0 Å². The number of fused-ring (bicyclic) bond motifs is 4. The highest BCUT2D eigenvalue weighted by Crippen LogP contribution is 2.53. The molecule has 10 rings (SSSR count). The Hall–Kier alpha value is -6.64. The maximum atomic E-state index is 2.44. The van der Waals surface area contributed by atoms with Crippen molar-refractivity contribution in [2.45, 2.75) is 19.3 Å². The molecular weight excluding hydrogens is 641 g/mol. The Kier molecular flexibility index (Phi) is 7.19. The van der Waals surface area contributed by atoms with E-state index in [-0.39, 0.29) is 5.41 Å². The summed E-state index contributed by atoms with van der Waals surface area (Å²) in [6.45, 7) is 4.79. The average molecular weight is 679 g/mol. The zero-order valence-electron chi connectivity index (χ0n) is 29.9. The molecule has 252 valence electrons. The molecule has 2 nitrogen and oxygen atoms in total. The first kappa shape index (κ1) is 31.1. The van der Waals surface area contributed by atoms with E-state index in [1.54, 1.807) is 0 Å². The van der Waals surface area contributed by atoms with Gasteiger partial charge in [-0.05, 0) is 93.0 Å². The second-order valence-corrected chi connectivity index (χ2v) is 14.6. The third-order valence-electron chi connectivity index (χ3n) is 11.2. The van der Waals surface area contributed by atoms with Crippen LogP contribution in [0.1, 0.15) is 25.0 Å². The minimum atomic E-state index is -0.255. The van der Waals surface area contributed by atoms with E-state index in [1.807, 2.05) is 0 Å². The van der Waals surface area contributed by atoms with E-state index in [0.717, 1.165) is 17.1 Å². The van der Waals surface area contributed by atoms with Crippen LogP contribution >= 0.6 is 0 Å². The second kappa shape index (κ2) is 12.3. The summed E-state index contributed by atoms with van der Waals surface area (Å²) in [5.41, 5.74) is 11.9. The van der Waals surface area contributed by atoms with Crippen molar-refractivity contribution in [3.05, 3.63) is 205 Å². The number of hydrogen-bond donors (Lipinski definition) is 0. The van der Waals surface area contributed by atoms with E-state index in [9.17, 15) is 0 Å². The zero-order valence-corrected chi connectivity index (χ0v) is 29.9. The Bertz CT molecular complexity index is 2810. The standard InChI is InChI=1S/C51H38N2/c1-51(2)45-27-15-26-44-49(53(38-22-7-4-8-23-38)48-29-14-19-36-17-10-12-25-41(36)48)33-32-43(50(44)45)42-31-30-39(34-46(42)51)52(37-20-5-3-6-21-37)47-28-13-18-35-16-9-11-24-40(35)47/h3-34H,1-2H3. The van der Waals surface area contributed by atoms with Gasteiger partial charge in [0.1, 0.15) is 0 Å². The van der Waals surface area contributed by atoms with Crippen molar-refractivity contribution in [3.63, 3.8) is 0 Å². The molecule has 0 spiro atoms. The van der Waals surface area contributed by atoms with Crippen LogP contribution < -0.4 is 9.80 Å². The molecule has 0 saturated heterocycles. The number of rotatable bonds is 6. The van der Waals surface area contributed by atoms with Crippen LogP contribution in [0.15, 0.2) is 194 Å². The van der Waals surface area contributed by atoms with Gasteiger partial charge in [0.25, 0.3) is 0 Å². The molecule has 0 aromatic heterocycles. The van der Waals surface area contributed by atoms with Crippen molar-refractivity contribution >= 4 is 66.4 Å². The Morgan fingerprint density at radius 2 is 0.830 bits per heavy atom. The molecule has 0 saturated carbocycles. The fourth-order valence-electron chi connectivity index (χ4n) is 8.70. The van der Waals surface area contributed by atoms with Crippen LogP contribution in [0.4, 0.5) is 34.1 Å². The summed E-state index contributed by atoms with van der Waals surface area (Å²) in [5, 5.41) is 7.49. The summed E-state index contributed by atoms with van der Waals surface area (Å²) in [6.07, 6.45) is 0. The summed E-state index contributed by atoms with van der Waals surface area (Å²) < 4.78 is 0. The number of benzene rings is 9. The average Bonchev–Trinajstić information content (AvgIpc) is 3.21. The lowest BCUT2D eigenvalue weighted by Gasteiger charge is -2.38. The Labute approximate surface area is 310 Å². The van der Waals surface area contributed by atoms with Gasteiger partial charge in [-0.15, -0.1) is 0 Å². The summed E-state index contributed by atoms with van der Waals surface area (Å²) >= 11 is 0. The molecule has 0 unspecified atom stereocenters. The van der Waals surface area contributed by atoms with Crippen molar-refractivity contribution in [2.24, 2.45) is 0 Å². The third-order valence-corrected chi connectivity index (χ3v) is 11.2. The van der Waals surface area contributed by atoms with Crippen molar-refractivity contribution < 1.29 is 0 Å². The van der Waals surface area contributed by atoms with Crippen molar-refractivity contribution in [2.75, 3.05) is 9.80 Å². The topological polar surface area (TPSA) is 6.48 Å². The first-order valence-electron chi connectivity index (χ1n) is 18.4. The molecule has 0 N–H and O–H groups in total. The minimum Gasteiger partial charge on any atom is -0.310 e. The van der Waals surface area contributed by atoms with Crippen molar-refractivity contribution in [1.82, 2.24) is 0 Å². The van der Waals surface area contributed by atoms with Crippen LogP contribution in [0.5, 0.6) is 0 Å². The Balaban J connectivity index is 1.19. The SMILES string of the molecule is CC1(C)c2cc(N(c3ccccc3)c3cccc4ccccc34)ccc2-c2ccc(N(c3ccccc3)c3cccc4ccccc34)c3cccc1c23. The van der Waals surface area contributed by atoms with Gasteiger partial charge in [-0.25, -0.2) is 0 Å². The molecule has 0 atom stereocenters. The second-order valence-electron chi connectivity index (χ2n) is 14.6. The first-order valence-corrected chi connectivity index (χ1v) is 18.4. The lowest BCUT2D eigenvalue weighted by Crippen LogP contribution is -2.24. The summed E-state index contributed by atoms with van der Waals surface area (Å²) in [6, 6.07) is 70.8. The van der Waals surface area contributed by atoms with Gasteiger partial charge >= 0.3 is 0 Å². The van der Waals surface area contributed by atoms with Gasteiger partial charge in [0.05, 0.1) is 17.1 Å². The molecular formula is C51H38N2. The Morgan fingerprint density at radius 3 is 1.49 bits per heavy atom. The molecule has 9 aromatic rings. The molecule has 0 aliphatic heterocycles. The monoisotopic (exact) mass is 678 g/mol. The van der Waals surface area contributed by atoms with E-state index < -0.39 is 0 Å². The largest absolute Gasteiger partial charge is 0.310 e. The third kappa shape index (κ3) is 4.94. The quantitative estimate of drug-likeness (QED) is 0.173. The van der Waals surface area contributed by atoms with Gasteiger partial charge in [0.15, 0.2) is 0 Å². The van der Waals surface area contributed by atoms with E-state index in [2.05, 4.69) is 218 Å². The number of hydrogen-bond acceptors (Lipinski definition) is 2. The molecule has 0 heterocycles. The molecule has 53 heavy (non-hydrogen) atoms. The molecule has 0 fully saturated rings. The van der Waals surface area contributed by atoms with E-state index in [0.29, 0.717) is 0 Å². The van der Waals surface area contributed by atoms with Gasteiger partial charge in [0, 0.05) is 38.6 Å². The van der Waals surface area contributed by atoms with Gasteiger partial charge < -0.3 is 9.80 Å². The Morgan fingerprint density at radius 1 is 0.340 bits per heavy atom. The number of nitrogens with zero attached hydrogens (tertiary/aromatic N) is 2. The molecule has 0 bridgehead atoms. The summed E-state index contributed by atoms with van der Waals surface area (Å²) in [7, 11) is 0. The highest BCUT2D eigenvalue weighted by Gasteiger charge is 2.35. The van der Waals surface area contributed by atoms with Crippen LogP contribution in [0, 0.1) is 0 Å². The maximum Gasteiger partial charge on any atom is 0.0540 e. The van der Waals surface area contributed by atoms with E-state index in [4.69, 9.17) is 0 Å². The van der Waals surface area contributed by atoms with Gasteiger partial charge in [-0.3, -0.25) is 0 Å². The number of anilines is 6. The smallest absolute Gasteiger partial charge is 0.0540 e. The fourth-order valence-corrected chi connectivity index (χ4v) is 8.70. The molecule has 2 heteroatoms. The highest BCUT2D eigenvalue weighted by atomic mass is 15.1. The molecule has 0 radical (unpaired) electrons. The van der Waals surface area contributed by atoms with Crippen molar-refractivity contribution in [3.8, 4) is 11.1 Å². The fraction of sp³-hybridized carbons (Fsp3) is 0.0588. The van der Waals surface area contributed by atoms with Crippen LogP contribution in [0.25, 0.3) is 43.4 Å². The zero-order chi connectivity index (χ0) is 35.5. The maximum absolute atomic E-state index is 2.44. The predicted octanol–water partition coefficient (Wildman–Crippen LogP) is 14.4. The molecule has 9 aromatic carbocycles. The van der Waals surface area contributed by atoms with Gasteiger partial charge in [-0.2, -0.15) is 0 Å². The molecule has 1 aliphatic carbocycles. The number of para-hydroxylation sites is 2. The van der Waals surface area contributed by atoms with E-state index in [1.165, 1.54) is 71.6 Å². The van der Waals surface area contributed by atoms with Gasteiger partial charge in [0.2, 0.25) is 0 Å². The minimum absolute atomic E-state index is 0.255. The van der Waals surface area contributed by atoms with Crippen LogP contribution in [0.2, 0.25) is 0 Å².